The van der Waals surface area contributed by atoms with E-state index < -0.39 is 10.0 Å². The van der Waals surface area contributed by atoms with Crippen molar-refractivity contribution in [2.24, 2.45) is 0 Å². The molecule has 1 saturated heterocycles. The van der Waals surface area contributed by atoms with Crippen LogP contribution in [0.5, 0.6) is 0 Å². The van der Waals surface area contributed by atoms with E-state index in [1.54, 1.807) is 17.0 Å². The summed E-state index contributed by atoms with van der Waals surface area (Å²) in [6.07, 6.45) is 0. The molecule has 0 unspecified atom stereocenters. The molecule has 2 aromatic carbocycles. The summed E-state index contributed by atoms with van der Waals surface area (Å²) in [5, 5.41) is 2.50. The molecule has 0 saturated carbocycles. The number of nitrogens with zero attached hydrogens (tertiary/aromatic N) is 2. The van der Waals surface area contributed by atoms with E-state index in [4.69, 9.17) is 11.6 Å². The van der Waals surface area contributed by atoms with E-state index in [0.717, 1.165) is 0 Å². The minimum absolute atomic E-state index is 0.0336. The van der Waals surface area contributed by atoms with E-state index in [1.165, 1.54) is 22.0 Å². The van der Waals surface area contributed by atoms with Crippen LogP contribution in [0.15, 0.2) is 59.5 Å². The summed E-state index contributed by atoms with van der Waals surface area (Å²) >= 11 is 5.84. The number of rotatable bonds is 6. The maximum absolute atomic E-state index is 12.7. The average Bonchev–Trinajstić information content (AvgIpc) is 2.73. The van der Waals surface area contributed by atoms with Gasteiger partial charge in [-0.05, 0) is 31.2 Å². The van der Waals surface area contributed by atoms with Crippen molar-refractivity contribution in [3.8, 4) is 0 Å². The summed E-state index contributed by atoms with van der Waals surface area (Å²) in [5.41, 5.74) is 1.18. The summed E-state index contributed by atoms with van der Waals surface area (Å²) in [7, 11) is -3.56. The van der Waals surface area contributed by atoms with Gasteiger partial charge in [0.2, 0.25) is 10.0 Å². The fourth-order valence-corrected chi connectivity index (χ4v) is 4.78. The van der Waals surface area contributed by atoms with Crippen LogP contribution >= 0.6 is 11.6 Å². The quantitative estimate of drug-likeness (QED) is 0.766. The Morgan fingerprint density at radius 1 is 1.04 bits per heavy atom. The largest absolute Gasteiger partial charge is 0.335 e. The van der Waals surface area contributed by atoms with Gasteiger partial charge < -0.3 is 10.2 Å². The first kappa shape index (κ1) is 20.8. The number of hydrogen-bond donors (Lipinski definition) is 1. The SMILES string of the molecule is C[C@H]([NH2+]CC(=O)N1CCN(S(=O)(=O)c2ccc(Cl)cc2)CC1)c1ccccc1. The van der Waals surface area contributed by atoms with Gasteiger partial charge in [-0.2, -0.15) is 4.31 Å². The molecule has 1 aliphatic heterocycles. The van der Waals surface area contributed by atoms with E-state index in [0.29, 0.717) is 37.7 Å². The van der Waals surface area contributed by atoms with Crippen LogP contribution in [0, 0.1) is 0 Å². The molecule has 2 aromatic rings. The van der Waals surface area contributed by atoms with Gasteiger partial charge in [0, 0.05) is 36.8 Å². The monoisotopic (exact) mass is 422 g/mol. The van der Waals surface area contributed by atoms with Gasteiger partial charge in [-0.25, -0.2) is 8.42 Å². The van der Waals surface area contributed by atoms with Crippen LogP contribution in [0.4, 0.5) is 0 Å². The number of carbonyl (C=O) groups is 1. The fraction of sp³-hybridized carbons (Fsp3) is 0.350. The van der Waals surface area contributed by atoms with E-state index in [-0.39, 0.29) is 16.8 Å². The van der Waals surface area contributed by atoms with Crippen molar-refractivity contribution in [3.63, 3.8) is 0 Å². The summed E-state index contributed by atoms with van der Waals surface area (Å²) in [4.78, 5) is 14.5. The van der Waals surface area contributed by atoms with Crippen LogP contribution in [-0.4, -0.2) is 56.3 Å². The molecule has 6 nitrogen and oxygen atoms in total. The summed E-state index contributed by atoms with van der Waals surface area (Å²) < 4.78 is 26.9. The number of nitrogens with two attached hydrogens (primary N) is 1. The van der Waals surface area contributed by atoms with Crippen LogP contribution in [-0.2, 0) is 14.8 Å². The van der Waals surface area contributed by atoms with E-state index in [2.05, 4.69) is 6.92 Å². The number of amides is 1. The Morgan fingerprint density at radius 2 is 1.64 bits per heavy atom. The number of benzene rings is 2. The lowest BCUT2D eigenvalue weighted by molar-refractivity contribution is -0.683. The highest BCUT2D eigenvalue weighted by Crippen LogP contribution is 2.19. The lowest BCUT2D eigenvalue weighted by atomic mass is 10.1. The highest BCUT2D eigenvalue weighted by molar-refractivity contribution is 7.89. The van der Waals surface area contributed by atoms with Gasteiger partial charge in [0.1, 0.15) is 6.04 Å². The second kappa shape index (κ2) is 9.05. The van der Waals surface area contributed by atoms with Crippen molar-refractivity contribution in [2.75, 3.05) is 32.7 Å². The number of hydrogen-bond acceptors (Lipinski definition) is 3. The Hall–Kier alpha value is -1.93. The molecule has 1 fully saturated rings. The summed E-state index contributed by atoms with van der Waals surface area (Å²) in [6.45, 7) is 3.81. The van der Waals surface area contributed by atoms with Gasteiger partial charge in [-0.1, -0.05) is 41.9 Å². The van der Waals surface area contributed by atoms with Crippen molar-refractivity contribution in [1.29, 1.82) is 0 Å². The van der Waals surface area contributed by atoms with Crippen molar-refractivity contribution < 1.29 is 18.5 Å². The number of halogens is 1. The predicted octanol–water partition coefficient (Wildman–Crippen LogP) is 1.50. The first-order chi connectivity index (χ1) is 13.4. The maximum atomic E-state index is 12.7. The molecular weight excluding hydrogens is 398 g/mol. The van der Waals surface area contributed by atoms with Gasteiger partial charge in [-0.15, -0.1) is 0 Å². The topological polar surface area (TPSA) is 74.3 Å². The minimum atomic E-state index is -3.56. The maximum Gasteiger partial charge on any atom is 0.277 e. The third-order valence-corrected chi connectivity index (χ3v) is 7.18. The van der Waals surface area contributed by atoms with E-state index in [9.17, 15) is 13.2 Å². The highest BCUT2D eigenvalue weighted by atomic mass is 35.5. The molecule has 0 aliphatic carbocycles. The Morgan fingerprint density at radius 3 is 2.25 bits per heavy atom. The molecule has 28 heavy (non-hydrogen) atoms. The molecule has 2 N–H and O–H groups in total. The van der Waals surface area contributed by atoms with Gasteiger partial charge in [0.05, 0.1) is 4.90 Å². The Bertz CT molecular complexity index is 896. The number of carbonyl (C=O) groups excluding carboxylic acids is 1. The molecule has 1 aliphatic rings. The second-order valence-electron chi connectivity index (χ2n) is 6.88. The van der Waals surface area contributed by atoms with Crippen LogP contribution in [0.2, 0.25) is 5.02 Å². The molecule has 8 heteroatoms. The first-order valence-electron chi connectivity index (χ1n) is 9.29. The van der Waals surface area contributed by atoms with Crippen LogP contribution < -0.4 is 5.32 Å². The van der Waals surface area contributed by atoms with Gasteiger partial charge in [0.15, 0.2) is 6.54 Å². The lowest BCUT2D eigenvalue weighted by Crippen LogP contribution is -2.87. The number of piperazine rings is 1. The van der Waals surface area contributed by atoms with Crippen LogP contribution in [0.3, 0.4) is 0 Å². The minimum Gasteiger partial charge on any atom is -0.335 e. The summed E-state index contributed by atoms with van der Waals surface area (Å²) in [6, 6.07) is 16.4. The molecule has 1 heterocycles. The molecule has 1 atom stereocenters. The van der Waals surface area contributed by atoms with E-state index >= 15 is 0 Å². The third kappa shape index (κ3) is 4.91. The smallest absolute Gasteiger partial charge is 0.277 e. The van der Waals surface area contributed by atoms with Gasteiger partial charge in [-0.3, -0.25) is 4.79 Å². The molecule has 0 aromatic heterocycles. The first-order valence-corrected chi connectivity index (χ1v) is 11.1. The van der Waals surface area contributed by atoms with Gasteiger partial charge >= 0.3 is 0 Å². The zero-order valence-corrected chi connectivity index (χ0v) is 17.4. The van der Waals surface area contributed by atoms with Crippen molar-refractivity contribution >= 4 is 27.5 Å². The fourth-order valence-electron chi connectivity index (χ4n) is 3.23. The Balaban J connectivity index is 1.52. The molecule has 150 valence electrons. The molecule has 0 radical (unpaired) electrons. The Labute approximate surface area is 171 Å². The third-order valence-electron chi connectivity index (χ3n) is 5.01. The second-order valence-corrected chi connectivity index (χ2v) is 9.25. The zero-order valence-electron chi connectivity index (χ0n) is 15.8. The van der Waals surface area contributed by atoms with Crippen molar-refractivity contribution in [2.45, 2.75) is 17.9 Å². The summed E-state index contributed by atoms with van der Waals surface area (Å²) in [5.74, 6) is 0.0336. The molecular formula is C20H25ClN3O3S+. The van der Waals surface area contributed by atoms with E-state index in [1.807, 2.05) is 35.6 Å². The number of quaternary nitrogens is 1. The highest BCUT2D eigenvalue weighted by Gasteiger charge is 2.30. The molecule has 3 rings (SSSR count). The van der Waals surface area contributed by atoms with Crippen molar-refractivity contribution in [3.05, 3.63) is 65.2 Å². The predicted molar refractivity (Wildman–Crippen MR) is 108 cm³/mol. The lowest BCUT2D eigenvalue weighted by Gasteiger charge is -2.33. The molecule has 0 bridgehead atoms. The van der Waals surface area contributed by atoms with Crippen LogP contribution in [0.1, 0.15) is 18.5 Å². The zero-order chi connectivity index (χ0) is 20.1. The van der Waals surface area contributed by atoms with Gasteiger partial charge in [0.25, 0.3) is 5.91 Å². The average molecular weight is 423 g/mol. The van der Waals surface area contributed by atoms with Crippen molar-refractivity contribution in [1.82, 2.24) is 9.21 Å². The standard InChI is InChI=1S/C20H24ClN3O3S/c1-16(17-5-3-2-4-6-17)22-15-20(25)23-11-13-24(14-12-23)28(26,27)19-9-7-18(21)8-10-19/h2-10,16,22H,11-15H2,1H3/p+1/t16-/m0/s1. The normalized spacial score (nSPS) is 16.7. The van der Waals surface area contributed by atoms with Crippen LogP contribution in [0.25, 0.3) is 0 Å². The molecule has 1 amide bonds. The molecule has 0 spiro atoms. The Kier molecular flexibility index (Phi) is 6.72. The number of sulfonamides is 1.